The van der Waals surface area contributed by atoms with E-state index in [0.29, 0.717) is 12.2 Å². The number of carbonyl (C=O) groups is 1. The number of benzene rings is 2. The molecule has 2 heteroatoms. The lowest BCUT2D eigenvalue weighted by molar-refractivity contribution is -0.105. The van der Waals surface area contributed by atoms with Crippen molar-refractivity contribution in [1.29, 1.82) is 0 Å². The van der Waals surface area contributed by atoms with Crippen molar-refractivity contribution in [2.45, 2.75) is 6.92 Å². The Morgan fingerprint density at radius 3 is 2.67 bits per heavy atom. The van der Waals surface area contributed by atoms with Crippen LogP contribution in [0.5, 0.6) is 5.75 Å². The van der Waals surface area contributed by atoms with Crippen molar-refractivity contribution in [1.82, 2.24) is 0 Å². The molecule has 0 amide bonds. The molecule has 0 radical (unpaired) electrons. The first kappa shape index (κ1) is 13.2. The third kappa shape index (κ3) is 3.04. The summed E-state index contributed by atoms with van der Waals surface area (Å²) in [6.45, 7) is 2.38. The van der Waals surface area contributed by atoms with Gasteiger partial charge in [-0.15, -0.1) is 0 Å². The lowest BCUT2D eigenvalue weighted by Gasteiger charge is -2.14. The van der Waals surface area contributed by atoms with Crippen LogP contribution >= 0.6 is 0 Å². The van der Waals surface area contributed by atoms with Crippen molar-refractivity contribution in [3.8, 4) is 17.6 Å². The van der Waals surface area contributed by atoms with E-state index in [1.54, 1.807) is 0 Å². The molecule has 0 aromatic heterocycles. The largest absolute Gasteiger partial charge is 0.488 e. The molecule has 2 aromatic rings. The summed E-state index contributed by atoms with van der Waals surface area (Å²) in [6.07, 6.45) is 2.68. The minimum atomic E-state index is 0.325. The van der Waals surface area contributed by atoms with Crippen molar-refractivity contribution >= 4 is 12.4 Å². The van der Waals surface area contributed by atoms with Gasteiger partial charge in [0.25, 0.3) is 0 Å². The molecule has 0 atom stereocenters. The smallest absolute Gasteiger partial charge is 0.149 e. The number of rotatable bonds is 1. The molecule has 21 heavy (non-hydrogen) atoms. The maximum absolute atomic E-state index is 10.8. The van der Waals surface area contributed by atoms with Crippen molar-refractivity contribution < 1.29 is 9.53 Å². The minimum absolute atomic E-state index is 0.325. The van der Waals surface area contributed by atoms with Gasteiger partial charge in [-0.3, -0.25) is 4.79 Å². The predicted octanol–water partition coefficient (Wildman–Crippen LogP) is 3.37. The average molecular weight is 274 g/mol. The van der Waals surface area contributed by atoms with Crippen LogP contribution in [0, 0.1) is 18.8 Å². The van der Waals surface area contributed by atoms with Crippen LogP contribution in [0.3, 0.4) is 0 Å². The van der Waals surface area contributed by atoms with E-state index in [4.69, 9.17) is 4.74 Å². The Balaban J connectivity index is 1.89. The van der Waals surface area contributed by atoms with Crippen molar-refractivity contribution in [2.24, 2.45) is 0 Å². The highest BCUT2D eigenvalue weighted by atomic mass is 16.5. The molecule has 0 unspecified atom stereocenters. The van der Waals surface area contributed by atoms with Crippen LogP contribution < -0.4 is 4.74 Å². The first-order valence-corrected chi connectivity index (χ1v) is 6.76. The van der Waals surface area contributed by atoms with E-state index in [2.05, 4.69) is 30.9 Å². The number of aldehydes is 1. The van der Waals surface area contributed by atoms with Gasteiger partial charge in [-0.05, 0) is 42.8 Å². The monoisotopic (exact) mass is 274 g/mol. The van der Waals surface area contributed by atoms with Gasteiger partial charge in [0.1, 0.15) is 18.6 Å². The molecule has 1 aliphatic rings. The number of fused-ring (bicyclic) bond motifs is 1. The highest BCUT2D eigenvalue weighted by Crippen LogP contribution is 2.26. The van der Waals surface area contributed by atoms with Crippen molar-refractivity contribution in [3.05, 3.63) is 70.3 Å². The van der Waals surface area contributed by atoms with E-state index in [1.807, 2.05) is 36.4 Å². The molecule has 0 N–H and O–H groups in total. The van der Waals surface area contributed by atoms with Crippen LogP contribution in [0.2, 0.25) is 0 Å². The molecule has 3 rings (SSSR count). The Bertz CT molecular complexity index is 789. The standard InChI is InChI=1S/C19H14O2/c1-14-3-2-4-15(9-14)5-6-16-7-8-18-10-17(12-20)13-21-19(18)11-16/h2-4,7-12H,13H2,1H3. The number of carbonyl (C=O) groups excluding carboxylic acids is 1. The summed E-state index contributed by atoms with van der Waals surface area (Å²) in [7, 11) is 0. The van der Waals surface area contributed by atoms with Crippen LogP contribution in [0.15, 0.2) is 48.0 Å². The number of ether oxygens (including phenoxy) is 1. The van der Waals surface area contributed by atoms with Gasteiger partial charge in [0.2, 0.25) is 0 Å². The molecule has 2 aromatic carbocycles. The van der Waals surface area contributed by atoms with Gasteiger partial charge in [-0.25, -0.2) is 0 Å². The Kier molecular flexibility index (Phi) is 3.57. The first-order valence-electron chi connectivity index (χ1n) is 6.76. The average Bonchev–Trinajstić information content (AvgIpc) is 2.52. The van der Waals surface area contributed by atoms with E-state index >= 15 is 0 Å². The quantitative estimate of drug-likeness (QED) is 0.588. The third-order valence-corrected chi connectivity index (χ3v) is 3.27. The molecule has 2 nitrogen and oxygen atoms in total. The van der Waals surface area contributed by atoms with E-state index < -0.39 is 0 Å². The highest BCUT2D eigenvalue weighted by Gasteiger charge is 2.10. The fourth-order valence-corrected chi connectivity index (χ4v) is 2.19. The fourth-order valence-electron chi connectivity index (χ4n) is 2.19. The zero-order valence-electron chi connectivity index (χ0n) is 11.7. The van der Waals surface area contributed by atoms with Crippen LogP contribution in [0.25, 0.3) is 6.08 Å². The Hall–Kier alpha value is -2.79. The van der Waals surface area contributed by atoms with Gasteiger partial charge in [0.05, 0.1) is 0 Å². The van der Waals surface area contributed by atoms with E-state index in [-0.39, 0.29) is 0 Å². The van der Waals surface area contributed by atoms with Gasteiger partial charge >= 0.3 is 0 Å². The molecule has 0 bridgehead atoms. The topological polar surface area (TPSA) is 26.3 Å². The molecule has 1 heterocycles. The van der Waals surface area contributed by atoms with Gasteiger partial charge in [0, 0.05) is 22.3 Å². The highest BCUT2D eigenvalue weighted by molar-refractivity contribution is 5.84. The van der Waals surface area contributed by atoms with Crippen LogP contribution in [0.1, 0.15) is 22.3 Å². The Morgan fingerprint density at radius 2 is 1.90 bits per heavy atom. The maximum atomic E-state index is 10.8. The maximum Gasteiger partial charge on any atom is 0.149 e. The molecular weight excluding hydrogens is 260 g/mol. The normalized spacial score (nSPS) is 12.3. The zero-order chi connectivity index (χ0) is 14.7. The van der Waals surface area contributed by atoms with Crippen molar-refractivity contribution in [3.63, 3.8) is 0 Å². The molecule has 0 spiro atoms. The van der Waals surface area contributed by atoms with Gasteiger partial charge in [0.15, 0.2) is 0 Å². The molecule has 1 aliphatic heterocycles. The Morgan fingerprint density at radius 1 is 1.10 bits per heavy atom. The third-order valence-electron chi connectivity index (χ3n) is 3.27. The first-order chi connectivity index (χ1) is 10.2. The van der Waals surface area contributed by atoms with Crippen molar-refractivity contribution in [2.75, 3.05) is 6.61 Å². The fraction of sp³-hybridized carbons (Fsp3) is 0.105. The van der Waals surface area contributed by atoms with E-state index in [1.165, 1.54) is 5.56 Å². The van der Waals surface area contributed by atoms with E-state index in [0.717, 1.165) is 28.7 Å². The van der Waals surface area contributed by atoms with Gasteiger partial charge in [-0.1, -0.05) is 30.0 Å². The van der Waals surface area contributed by atoms with Crippen LogP contribution in [-0.4, -0.2) is 12.9 Å². The van der Waals surface area contributed by atoms with Gasteiger partial charge < -0.3 is 4.74 Å². The summed E-state index contributed by atoms with van der Waals surface area (Å²) < 4.78 is 5.57. The second-order valence-electron chi connectivity index (χ2n) is 5.00. The lowest BCUT2D eigenvalue weighted by Crippen LogP contribution is -2.08. The molecule has 0 saturated carbocycles. The summed E-state index contributed by atoms with van der Waals surface area (Å²) in [5.74, 6) is 7.07. The summed E-state index contributed by atoms with van der Waals surface area (Å²) in [6, 6.07) is 13.9. The number of hydrogen-bond acceptors (Lipinski definition) is 2. The second kappa shape index (κ2) is 5.68. The zero-order valence-corrected chi connectivity index (χ0v) is 11.7. The molecule has 102 valence electrons. The van der Waals surface area contributed by atoms with Crippen LogP contribution in [0.4, 0.5) is 0 Å². The SMILES string of the molecule is Cc1cccc(C#Cc2ccc3c(c2)OCC(C=O)=C3)c1. The summed E-state index contributed by atoms with van der Waals surface area (Å²) >= 11 is 0. The molecule has 0 saturated heterocycles. The summed E-state index contributed by atoms with van der Waals surface area (Å²) in [5.41, 5.74) is 4.67. The predicted molar refractivity (Wildman–Crippen MR) is 83.1 cm³/mol. The summed E-state index contributed by atoms with van der Waals surface area (Å²) in [4.78, 5) is 10.8. The minimum Gasteiger partial charge on any atom is -0.488 e. The van der Waals surface area contributed by atoms with E-state index in [9.17, 15) is 4.79 Å². The summed E-state index contributed by atoms with van der Waals surface area (Å²) in [5, 5.41) is 0. The lowest BCUT2D eigenvalue weighted by atomic mass is 10.1. The van der Waals surface area contributed by atoms with Gasteiger partial charge in [-0.2, -0.15) is 0 Å². The molecular formula is C19H14O2. The molecule has 0 fully saturated rings. The van der Waals surface area contributed by atoms with Crippen LogP contribution in [-0.2, 0) is 4.79 Å². The molecule has 0 aliphatic carbocycles. The number of aryl methyl sites for hydroxylation is 1. The Labute approximate surface area is 124 Å². The second-order valence-corrected chi connectivity index (χ2v) is 5.00. The number of hydrogen-bond donors (Lipinski definition) is 0.